The molecule has 0 atom stereocenters. The Balaban J connectivity index is 2.20. The van der Waals surface area contributed by atoms with Gasteiger partial charge >= 0.3 is 0 Å². The van der Waals surface area contributed by atoms with Crippen LogP contribution < -0.4 is 0 Å². The van der Waals surface area contributed by atoms with Gasteiger partial charge in [-0.3, -0.25) is 0 Å². The molecule has 3 aromatic rings. The number of benzene rings is 2. The molecule has 0 unspecified atom stereocenters. The predicted octanol–water partition coefficient (Wildman–Crippen LogP) is 3.98. The lowest BCUT2D eigenvalue weighted by Gasteiger charge is -2.00. The first-order valence-corrected chi connectivity index (χ1v) is 6.06. The number of fused-ring (bicyclic) bond motifs is 1. The van der Waals surface area contributed by atoms with Gasteiger partial charge in [-0.1, -0.05) is 18.2 Å². The van der Waals surface area contributed by atoms with Crippen LogP contribution in [0.15, 0.2) is 48.5 Å². The summed E-state index contributed by atoms with van der Waals surface area (Å²) >= 11 is 1.65. The smallest absolute Gasteiger partial charge is 0.119 e. The highest BCUT2D eigenvalue weighted by molar-refractivity contribution is 7.22. The zero-order chi connectivity index (χ0) is 11.8. The summed E-state index contributed by atoms with van der Waals surface area (Å²) in [5, 5.41) is 20.1. The lowest BCUT2D eigenvalue weighted by Crippen LogP contribution is -1.72. The monoisotopic (exact) mass is 242 g/mol. The van der Waals surface area contributed by atoms with Gasteiger partial charge in [-0.05, 0) is 35.2 Å². The number of phenolic OH excluding ortho intramolecular Hbond substituents is 2. The van der Waals surface area contributed by atoms with E-state index in [-0.39, 0.29) is 11.5 Å². The predicted molar refractivity (Wildman–Crippen MR) is 70.6 cm³/mol. The third kappa shape index (κ3) is 1.85. The molecule has 3 rings (SSSR count). The summed E-state index contributed by atoms with van der Waals surface area (Å²) in [6.45, 7) is 0. The number of phenols is 2. The molecule has 0 saturated heterocycles. The first kappa shape index (κ1) is 10.2. The van der Waals surface area contributed by atoms with Crippen LogP contribution >= 0.6 is 11.3 Å². The van der Waals surface area contributed by atoms with Crippen LogP contribution in [-0.4, -0.2) is 10.2 Å². The number of aromatic hydroxyl groups is 2. The van der Waals surface area contributed by atoms with Crippen LogP contribution in [0.25, 0.3) is 20.5 Å². The molecule has 0 fully saturated rings. The maximum atomic E-state index is 9.47. The van der Waals surface area contributed by atoms with E-state index in [0.717, 1.165) is 10.4 Å². The Morgan fingerprint density at radius 2 is 1.53 bits per heavy atom. The van der Waals surface area contributed by atoms with Crippen LogP contribution in [0.4, 0.5) is 0 Å². The molecule has 2 N–H and O–H groups in total. The molecule has 0 amide bonds. The van der Waals surface area contributed by atoms with Crippen molar-refractivity contribution in [1.29, 1.82) is 0 Å². The van der Waals surface area contributed by atoms with Crippen LogP contribution in [0.3, 0.4) is 0 Å². The van der Waals surface area contributed by atoms with Gasteiger partial charge < -0.3 is 10.2 Å². The van der Waals surface area contributed by atoms with Crippen molar-refractivity contribution < 1.29 is 10.2 Å². The van der Waals surface area contributed by atoms with Gasteiger partial charge in [0.1, 0.15) is 11.5 Å². The van der Waals surface area contributed by atoms with Gasteiger partial charge in [0, 0.05) is 15.6 Å². The molecule has 1 heterocycles. The normalized spacial score (nSPS) is 10.8. The fourth-order valence-electron chi connectivity index (χ4n) is 1.86. The zero-order valence-corrected chi connectivity index (χ0v) is 9.74. The third-order valence-corrected chi connectivity index (χ3v) is 3.78. The maximum absolute atomic E-state index is 9.47. The van der Waals surface area contributed by atoms with Gasteiger partial charge in [0.2, 0.25) is 0 Å². The van der Waals surface area contributed by atoms with E-state index in [1.165, 1.54) is 16.2 Å². The van der Waals surface area contributed by atoms with Crippen molar-refractivity contribution in [2.75, 3.05) is 0 Å². The molecule has 2 nitrogen and oxygen atoms in total. The molecule has 17 heavy (non-hydrogen) atoms. The van der Waals surface area contributed by atoms with E-state index in [4.69, 9.17) is 0 Å². The van der Waals surface area contributed by atoms with Crippen molar-refractivity contribution in [1.82, 2.24) is 0 Å². The molecule has 84 valence electrons. The van der Waals surface area contributed by atoms with Crippen molar-refractivity contribution in [3.8, 4) is 21.9 Å². The molecular weight excluding hydrogens is 232 g/mol. The van der Waals surface area contributed by atoms with E-state index in [2.05, 4.69) is 18.2 Å². The topological polar surface area (TPSA) is 40.5 Å². The molecule has 3 heteroatoms. The van der Waals surface area contributed by atoms with Crippen LogP contribution in [0, 0.1) is 0 Å². The molecule has 0 saturated carbocycles. The summed E-state index contributed by atoms with van der Waals surface area (Å²) in [7, 11) is 0. The Kier molecular flexibility index (Phi) is 2.27. The summed E-state index contributed by atoms with van der Waals surface area (Å²) < 4.78 is 1.20. The van der Waals surface area contributed by atoms with E-state index < -0.39 is 0 Å². The van der Waals surface area contributed by atoms with E-state index in [1.807, 2.05) is 12.1 Å². The average Bonchev–Trinajstić information content (AvgIpc) is 2.71. The lowest BCUT2D eigenvalue weighted by molar-refractivity contribution is 0.451. The first-order valence-electron chi connectivity index (χ1n) is 5.24. The highest BCUT2D eigenvalue weighted by Crippen LogP contribution is 2.36. The van der Waals surface area contributed by atoms with E-state index in [9.17, 15) is 10.2 Å². The number of rotatable bonds is 1. The van der Waals surface area contributed by atoms with Gasteiger partial charge in [0.25, 0.3) is 0 Å². The number of hydrogen-bond acceptors (Lipinski definition) is 3. The summed E-state index contributed by atoms with van der Waals surface area (Å²) in [5.41, 5.74) is 0.837. The van der Waals surface area contributed by atoms with Gasteiger partial charge in [-0.2, -0.15) is 0 Å². The fraction of sp³-hybridized carbons (Fsp3) is 0. The number of hydrogen-bond donors (Lipinski definition) is 2. The SMILES string of the molecule is Oc1cc(O)cc(-c2cc3ccccc3s2)c1. The minimum atomic E-state index is 0.0810. The van der Waals surface area contributed by atoms with Gasteiger partial charge in [0.15, 0.2) is 0 Å². The maximum Gasteiger partial charge on any atom is 0.119 e. The Morgan fingerprint density at radius 3 is 2.24 bits per heavy atom. The van der Waals surface area contributed by atoms with Gasteiger partial charge in [-0.15, -0.1) is 11.3 Å². The minimum absolute atomic E-state index is 0.0810. The summed E-state index contributed by atoms with van der Waals surface area (Å²) in [5.74, 6) is 0.162. The lowest BCUT2D eigenvalue weighted by atomic mass is 10.1. The largest absolute Gasteiger partial charge is 0.508 e. The molecule has 0 spiro atoms. The Labute approximate surface area is 102 Å². The Morgan fingerprint density at radius 1 is 0.824 bits per heavy atom. The summed E-state index contributed by atoms with van der Waals surface area (Å²) in [6, 6.07) is 14.8. The minimum Gasteiger partial charge on any atom is -0.508 e. The van der Waals surface area contributed by atoms with Crippen molar-refractivity contribution in [2.24, 2.45) is 0 Å². The van der Waals surface area contributed by atoms with E-state index >= 15 is 0 Å². The van der Waals surface area contributed by atoms with Gasteiger partial charge in [0.05, 0.1) is 0 Å². The van der Waals surface area contributed by atoms with Crippen molar-refractivity contribution in [2.45, 2.75) is 0 Å². The van der Waals surface area contributed by atoms with Crippen LogP contribution in [0.1, 0.15) is 0 Å². The van der Waals surface area contributed by atoms with Crippen LogP contribution in [0.5, 0.6) is 11.5 Å². The molecule has 0 bridgehead atoms. The standard InChI is InChI=1S/C14H10O2S/c15-11-5-10(6-12(16)8-11)14-7-9-3-1-2-4-13(9)17-14/h1-8,15-16H. The zero-order valence-electron chi connectivity index (χ0n) is 8.92. The van der Waals surface area contributed by atoms with E-state index in [0.29, 0.717) is 0 Å². The highest BCUT2D eigenvalue weighted by atomic mass is 32.1. The second-order valence-electron chi connectivity index (χ2n) is 3.89. The van der Waals surface area contributed by atoms with Crippen molar-refractivity contribution in [3.05, 3.63) is 48.5 Å². The molecule has 0 aliphatic carbocycles. The molecule has 0 aliphatic rings. The van der Waals surface area contributed by atoms with Gasteiger partial charge in [-0.25, -0.2) is 0 Å². The van der Waals surface area contributed by atoms with E-state index in [1.54, 1.807) is 23.5 Å². The molecule has 0 radical (unpaired) electrons. The molecule has 2 aromatic carbocycles. The fourth-order valence-corrected chi connectivity index (χ4v) is 2.91. The summed E-state index contributed by atoms with van der Waals surface area (Å²) in [6.07, 6.45) is 0. The van der Waals surface area contributed by atoms with Crippen molar-refractivity contribution in [3.63, 3.8) is 0 Å². The Hall–Kier alpha value is -2.00. The van der Waals surface area contributed by atoms with Crippen LogP contribution in [0.2, 0.25) is 0 Å². The average molecular weight is 242 g/mol. The second kappa shape index (κ2) is 3.79. The third-order valence-electron chi connectivity index (χ3n) is 2.61. The molecule has 0 aliphatic heterocycles. The number of thiophene rings is 1. The quantitative estimate of drug-likeness (QED) is 0.677. The molecular formula is C14H10O2S. The van der Waals surface area contributed by atoms with Crippen LogP contribution in [-0.2, 0) is 0 Å². The second-order valence-corrected chi connectivity index (χ2v) is 4.97. The first-order chi connectivity index (χ1) is 8.22. The molecule has 1 aromatic heterocycles. The van der Waals surface area contributed by atoms with Crippen molar-refractivity contribution >= 4 is 21.4 Å². The summed E-state index contributed by atoms with van der Waals surface area (Å²) in [4.78, 5) is 1.04. The highest BCUT2D eigenvalue weighted by Gasteiger charge is 2.06. The Bertz CT molecular complexity index is 632.